The van der Waals surface area contributed by atoms with E-state index in [2.05, 4.69) is 36.6 Å². The van der Waals surface area contributed by atoms with Crippen LogP contribution in [-0.2, 0) is 6.61 Å². The largest absolute Gasteiger partial charge is 0.493 e. The van der Waals surface area contributed by atoms with Crippen LogP contribution >= 0.6 is 15.9 Å². The molecule has 0 aliphatic heterocycles. The zero-order valence-corrected chi connectivity index (χ0v) is 13.7. The highest BCUT2D eigenvalue weighted by Crippen LogP contribution is 2.39. The van der Waals surface area contributed by atoms with Crippen LogP contribution in [0.3, 0.4) is 0 Å². The minimum Gasteiger partial charge on any atom is -0.493 e. The summed E-state index contributed by atoms with van der Waals surface area (Å²) >= 11 is 3.43. The zero-order chi connectivity index (χ0) is 16.2. The first-order valence-corrected chi connectivity index (χ1v) is 7.46. The molecular weight excluding hydrogens is 367 g/mol. The molecule has 0 amide bonds. The summed E-state index contributed by atoms with van der Waals surface area (Å²) in [7, 11) is 1.53. The van der Waals surface area contributed by atoms with Crippen molar-refractivity contribution in [3.8, 4) is 22.9 Å². The van der Waals surface area contributed by atoms with Crippen LogP contribution in [0.1, 0.15) is 5.56 Å². The van der Waals surface area contributed by atoms with Crippen LogP contribution in [0.15, 0.2) is 40.9 Å². The molecule has 0 unspecified atom stereocenters. The van der Waals surface area contributed by atoms with E-state index in [1.807, 2.05) is 0 Å². The maximum atomic E-state index is 13.7. The Morgan fingerprint density at radius 1 is 1.26 bits per heavy atom. The Labute approximate surface area is 139 Å². The van der Waals surface area contributed by atoms with Crippen molar-refractivity contribution < 1.29 is 13.9 Å². The predicted molar refractivity (Wildman–Crippen MR) is 84.6 cm³/mol. The Bertz CT molecular complexity index is 811. The number of rotatable bonds is 5. The maximum Gasteiger partial charge on any atom is 0.204 e. The highest BCUT2D eigenvalue weighted by atomic mass is 79.9. The topological polar surface area (TPSA) is 72.9 Å². The fourth-order valence-electron chi connectivity index (χ4n) is 2.04. The van der Waals surface area contributed by atoms with E-state index in [1.54, 1.807) is 30.3 Å². The molecule has 3 rings (SSSR count). The van der Waals surface area contributed by atoms with Crippen LogP contribution < -0.4 is 9.47 Å². The number of aromatic amines is 1. The molecule has 1 heterocycles. The average molecular weight is 379 g/mol. The van der Waals surface area contributed by atoms with Crippen LogP contribution in [0.2, 0.25) is 0 Å². The molecule has 23 heavy (non-hydrogen) atoms. The Morgan fingerprint density at radius 3 is 2.78 bits per heavy atom. The molecule has 0 saturated carbocycles. The van der Waals surface area contributed by atoms with E-state index in [9.17, 15) is 4.39 Å². The number of aromatic nitrogens is 4. The van der Waals surface area contributed by atoms with Crippen LogP contribution in [0.4, 0.5) is 4.39 Å². The summed E-state index contributed by atoms with van der Waals surface area (Å²) in [6, 6.07) is 9.96. The number of halogens is 2. The lowest BCUT2D eigenvalue weighted by molar-refractivity contribution is 0.278. The van der Waals surface area contributed by atoms with Gasteiger partial charge in [0.2, 0.25) is 5.82 Å². The monoisotopic (exact) mass is 378 g/mol. The third-order valence-electron chi connectivity index (χ3n) is 3.16. The fraction of sp³-hybridized carbons (Fsp3) is 0.133. The summed E-state index contributed by atoms with van der Waals surface area (Å²) in [5, 5.41) is 13.8. The lowest BCUT2D eigenvalue weighted by Crippen LogP contribution is -2.01. The molecule has 1 aromatic heterocycles. The third-order valence-corrected chi connectivity index (χ3v) is 3.75. The molecular formula is C15H12BrFN4O2. The smallest absolute Gasteiger partial charge is 0.204 e. The summed E-state index contributed by atoms with van der Waals surface area (Å²) in [6.07, 6.45) is 0. The Morgan fingerprint density at radius 2 is 2.09 bits per heavy atom. The van der Waals surface area contributed by atoms with E-state index < -0.39 is 0 Å². The zero-order valence-electron chi connectivity index (χ0n) is 12.1. The van der Waals surface area contributed by atoms with Crippen molar-refractivity contribution in [1.82, 2.24) is 20.6 Å². The number of benzene rings is 2. The van der Waals surface area contributed by atoms with E-state index in [0.29, 0.717) is 32.9 Å². The first-order chi connectivity index (χ1) is 11.2. The lowest BCUT2D eigenvalue weighted by Gasteiger charge is -2.14. The molecule has 0 aliphatic carbocycles. The van der Waals surface area contributed by atoms with E-state index in [-0.39, 0.29) is 12.4 Å². The van der Waals surface area contributed by atoms with Gasteiger partial charge < -0.3 is 9.47 Å². The molecule has 0 fully saturated rings. The fourth-order valence-corrected chi connectivity index (χ4v) is 2.59. The number of tetrazole rings is 1. The lowest BCUT2D eigenvalue weighted by atomic mass is 10.2. The number of hydrogen-bond acceptors (Lipinski definition) is 5. The Hall–Kier alpha value is -2.48. The second-order valence-corrected chi connectivity index (χ2v) is 5.46. The highest BCUT2D eigenvalue weighted by Gasteiger charge is 2.15. The van der Waals surface area contributed by atoms with Gasteiger partial charge in [0, 0.05) is 11.1 Å². The van der Waals surface area contributed by atoms with Crippen molar-refractivity contribution in [2.24, 2.45) is 0 Å². The molecule has 6 nitrogen and oxygen atoms in total. The van der Waals surface area contributed by atoms with Gasteiger partial charge in [0.15, 0.2) is 11.5 Å². The summed E-state index contributed by atoms with van der Waals surface area (Å²) in [5.41, 5.74) is 1.17. The number of hydrogen-bond donors (Lipinski definition) is 1. The van der Waals surface area contributed by atoms with Gasteiger partial charge in [-0.05, 0) is 39.3 Å². The molecule has 118 valence electrons. The van der Waals surface area contributed by atoms with Crippen LogP contribution in [0, 0.1) is 5.82 Å². The van der Waals surface area contributed by atoms with E-state index >= 15 is 0 Å². The van der Waals surface area contributed by atoms with E-state index in [1.165, 1.54) is 13.2 Å². The number of nitrogens with zero attached hydrogens (tertiary/aromatic N) is 3. The molecule has 0 radical (unpaired) electrons. The minimum absolute atomic E-state index is 0.0865. The Balaban J connectivity index is 1.89. The van der Waals surface area contributed by atoms with Gasteiger partial charge in [-0.25, -0.2) is 4.39 Å². The molecule has 3 aromatic rings. The first-order valence-electron chi connectivity index (χ1n) is 6.66. The van der Waals surface area contributed by atoms with Gasteiger partial charge in [-0.2, -0.15) is 5.21 Å². The van der Waals surface area contributed by atoms with Crippen molar-refractivity contribution in [2.75, 3.05) is 7.11 Å². The van der Waals surface area contributed by atoms with Crippen LogP contribution in [0.25, 0.3) is 11.4 Å². The van der Waals surface area contributed by atoms with Gasteiger partial charge in [0.05, 0.1) is 11.6 Å². The van der Waals surface area contributed by atoms with Gasteiger partial charge in [0.1, 0.15) is 12.4 Å². The summed E-state index contributed by atoms with van der Waals surface area (Å²) in [6.45, 7) is 0.0865. The molecule has 0 atom stereocenters. The van der Waals surface area contributed by atoms with Gasteiger partial charge in [-0.1, -0.05) is 18.2 Å². The van der Waals surface area contributed by atoms with E-state index in [4.69, 9.17) is 9.47 Å². The first kappa shape index (κ1) is 15.4. The van der Waals surface area contributed by atoms with E-state index in [0.717, 1.165) is 0 Å². The van der Waals surface area contributed by atoms with Crippen LogP contribution in [-0.4, -0.2) is 27.7 Å². The average Bonchev–Trinajstić information content (AvgIpc) is 3.09. The summed E-state index contributed by atoms with van der Waals surface area (Å²) in [5.74, 6) is 1.08. The van der Waals surface area contributed by atoms with Crippen molar-refractivity contribution in [2.45, 2.75) is 6.61 Å². The second kappa shape index (κ2) is 6.74. The maximum absolute atomic E-state index is 13.7. The molecule has 1 N–H and O–H groups in total. The number of methoxy groups -OCH3 is 1. The van der Waals surface area contributed by atoms with Gasteiger partial charge in [-0.15, -0.1) is 10.2 Å². The minimum atomic E-state index is -0.314. The van der Waals surface area contributed by atoms with Crippen molar-refractivity contribution in [3.05, 3.63) is 52.3 Å². The molecule has 0 saturated heterocycles. The van der Waals surface area contributed by atoms with Gasteiger partial charge >= 0.3 is 0 Å². The van der Waals surface area contributed by atoms with Crippen molar-refractivity contribution in [1.29, 1.82) is 0 Å². The normalized spacial score (nSPS) is 10.6. The molecule has 0 bridgehead atoms. The summed E-state index contributed by atoms with van der Waals surface area (Å²) in [4.78, 5) is 0. The predicted octanol–water partition coefficient (Wildman–Crippen LogP) is 3.36. The highest BCUT2D eigenvalue weighted by molar-refractivity contribution is 9.10. The summed E-state index contributed by atoms with van der Waals surface area (Å²) < 4.78 is 25.4. The number of nitrogens with one attached hydrogen (secondary N) is 1. The van der Waals surface area contributed by atoms with Crippen molar-refractivity contribution in [3.63, 3.8) is 0 Å². The van der Waals surface area contributed by atoms with Crippen LogP contribution in [0.5, 0.6) is 11.5 Å². The second-order valence-electron chi connectivity index (χ2n) is 4.60. The number of ether oxygens (including phenoxy) is 2. The Kier molecular flexibility index (Phi) is 4.52. The van der Waals surface area contributed by atoms with Crippen molar-refractivity contribution >= 4 is 15.9 Å². The quantitative estimate of drug-likeness (QED) is 0.736. The molecule has 0 aliphatic rings. The molecule has 8 heteroatoms. The van der Waals surface area contributed by atoms with Gasteiger partial charge in [-0.3, -0.25) is 0 Å². The third kappa shape index (κ3) is 3.31. The number of H-pyrrole nitrogens is 1. The van der Waals surface area contributed by atoms with Gasteiger partial charge in [0.25, 0.3) is 0 Å². The SMILES string of the molecule is COc1cc(-c2nn[nH]n2)cc(Br)c1OCc1ccccc1F. The standard InChI is InChI=1S/C15H12BrFN4O2/c1-22-13-7-10(15-18-20-21-19-15)6-11(16)14(13)23-8-9-4-2-3-5-12(9)17/h2-7H,8H2,1H3,(H,18,19,20,21). The molecule has 2 aromatic carbocycles. The molecule has 0 spiro atoms.